The Bertz CT molecular complexity index is 401. The Morgan fingerprint density at radius 1 is 1.38 bits per heavy atom. The molecule has 16 heavy (non-hydrogen) atoms. The number of hydrogen-bond acceptors (Lipinski definition) is 2. The first kappa shape index (κ1) is 12.5. The van der Waals surface area contributed by atoms with Gasteiger partial charge in [0.05, 0.1) is 7.11 Å². The van der Waals surface area contributed by atoms with E-state index in [1.165, 1.54) is 5.57 Å². The number of rotatable bonds is 4. The lowest BCUT2D eigenvalue weighted by Crippen LogP contribution is -1.90. The van der Waals surface area contributed by atoms with Crippen molar-refractivity contribution in [1.29, 1.82) is 0 Å². The molecule has 2 nitrogen and oxygen atoms in total. The second-order valence-electron chi connectivity index (χ2n) is 3.95. The van der Waals surface area contributed by atoms with Crippen LogP contribution >= 0.6 is 0 Å². The predicted octanol–water partition coefficient (Wildman–Crippen LogP) is 3.43. The van der Waals surface area contributed by atoms with E-state index in [2.05, 4.69) is 11.1 Å². The van der Waals surface area contributed by atoms with Gasteiger partial charge in [0.1, 0.15) is 5.76 Å². The van der Waals surface area contributed by atoms with Gasteiger partial charge in [-0.1, -0.05) is 12.1 Å². The number of aromatic nitrogens is 1. The monoisotopic (exact) mass is 217 g/mol. The van der Waals surface area contributed by atoms with Gasteiger partial charge in [-0.25, -0.2) is 0 Å². The molecule has 0 bridgehead atoms. The fraction of sp³-hybridized carbons (Fsp3) is 0.357. The van der Waals surface area contributed by atoms with Crippen LogP contribution < -0.4 is 0 Å². The summed E-state index contributed by atoms with van der Waals surface area (Å²) in [5.74, 6) is 0.924. The molecule has 0 unspecified atom stereocenters. The number of hydrogen-bond donors (Lipinski definition) is 0. The van der Waals surface area contributed by atoms with E-state index in [1.807, 2.05) is 45.0 Å². The van der Waals surface area contributed by atoms with Gasteiger partial charge in [0, 0.05) is 17.8 Å². The van der Waals surface area contributed by atoms with Crippen molar-refractivity contribution in [3.8, 4) is 0 Å². The van der Waals surface area contributed by atoms with Crippen molar-refractivity contribution >= 4 is 0 Å². The van der Waals surface area contributed by atoms with Crippen LogP contribution in [0, 0.1) is 6.92 Å². The fourth-order valence-electron chi connectivity index (χ4n) is 1.44. The van der Waals surface area contributed by atoms with E-state index >= 15 is 0 Å². The average molecular weight is 217 g/mol. The standard InChI is InChI=1S/C14H19NO/c1-11(2)14(16-4)10-6-9-13-8-5-7-12(3)15-13/h5-8,10H,9H2,1-4H3/b10-6-. The third kappa shape index (κ3) is 3.89. The van der Waals surface area contributed by atoms with E-state index in [-0.39, 0.29) is 0 Å². The van der Waals surface area contributed by atoms with Crippen molar-refractivity contribution in [3.05, 3.63) is 53.1 Å². The lowest BCUT2D eigenvalue weighted by molar-refractivity contribution is 0.302. The second kappa shape index (κ2) is 6.11. The Hall–Kier alpha value is -1.57. The summed E-state index contributed by atoms with van der Waals surface area (Å²) in [5, 5.41) is 0. The number of allylic oxidation sites excluding steroid dienone is 3. The lowest BCUT2D eigenvalue weighted by Gasteiger charge is -2.02. The van der Waals surface area contributed by atoms with Crippen molar-refractivity contribution in [1.82, 2.24) is 4.98 Å². The Kier molecular flexibility index (Phi) is 4.77. The Morgan fingerprint density at radius 3 is 2.69 bits per heavy atom. The number of aryl methyl sites for hydroxylation is 1. The number of pyridine rings is 1. The van der Waals surface area contributed by atoms with E-state index in [0.29, 0.717) is 0 Å². The SMILES string of the molecule is COC(/C=C\Cc1cccc(C)n1)=C(C)C. The van der Waals surface area contributed by atoms with E-state index in [4.69, 9.17) is 4.74 Å². The molecule has 1 rings (SSSR count). The maximum Gasteiger partial charge on any atom is 0.117 e. The number of ether oxygens (including phenoxy) is 1. The predicted molar refractivity (Wildman–Crippen MR) is 67.2 cm³/mol. The van der Waals surface area contributed by atoms with E-state index in [0.717, 1.165) is 23.6 Å². The van der Waals surface area contributed by atoms with Crippen LogP contribution in [0.25, 0.3) is 0 Å². The van der Waals surface area contributed by atoms with Crippen LogP contribution in [0.5, 0.6) is 0 Å². The topological polar surface area (TPSA) is 22.1 Å². The molecule has 0 amide bonds. The van der Waals surface area contributed by atoms with Crippen LogP contribution in [-0.4, -0.2) is 12.1 Å². The summed E-state index contributed by atoms with van der Waals surface area (Å²) in [4.78, 5) is 4.43. The third-order valence-electron chi connectivity index (χ3n) is 2.25. The fourth-order valence-corrected chi connectivity index (χ4v) is 1.44. The highest BCUT2D eigenvalue weighted by atomic mass is 16.5. The van der Waals surface area contributed by atoms with Gasteiger partial charge in [-0.05, 0) is 44.6 Å². The van der Waals surface area contributed by atoms with Crippen LogP contribution in [0.3, 0.4) is 0 Å². The van der Waals surface area contributed by atoms with Gasteiger partial charge in [0.15, 0.2) is 0 Å². The molecular weight excluding hydrogens is 198 g/mol. The van der Waals surface area contributed by atoms with E-state index in [9.17, 15) is 0 Å². The first-order valence-corrected chi connectivity index (χ1v) is 5.44. The highest BCUT2D eigenvalue weighted by Gasteiger charge is 1.94. The molecule has 0 N–H and O–H groups in total. The van der Waals surface area contributed by atoms with Crippen LogP contribution in [0.1, 0.15) is 25.2 Å². The summed E-state index contributed by atoms with van der Waals surface area (Å²) in [6.07, 6.45) is 4.91. The Labute approximate surface area is 97.7 Å². The zero-order valence-electron chi connectivity index (χ0n) is 10.4. The molecule has 0 aromatic carbocycles. The Morgan fingerprint density at radius 2 is 2.12 bits per heavy atom. The quantitative estimate of drug-likeness (QED) is 0.569. The second-order valence-corrected chi connectivity index (χ2v) is 3.95. The van der Waals surface area contributed by atoms with Crippen LogP contribution in [0.15, 0.2) is 41.7 Å². The zero-order valence-corrected chi connectivity index (χ0v) is 10.4. The summed E-state index contributed by atoms with van der Waals surface area (Å²) in [7, 11) is 1.69. The first-order chi connectivity index (χ1) is 7.63. The van der Waals surface area contributed by atoms with E-state index < -0.39 is 0 Å². The van der Waals surface area contributed by atoms with E-state index in [1.54, 1.807) is 7.11 Å². The molecule has 0 aliphatic rings. The molecular formula is C14H19NO. The van der Waals surface area contributed by atoms with Gasteiger partial charge in [-0.15, -0.1) is 0 Å². The summed E-state index contributed by atoms with van der Waals surface area (Å²) < 4.78 is 5.25. The van der Waals surface area contributed by atoms with Gasteiger partial charge in [-0.2, -0.15) is 0 Å². The molecule has 2 heteroatoms. The smallest absolute Gasteiger partial charge is 0.117 e. The van der Waals surface area contributed by atoms with Crippen LogP contribution in [0.4, 0.5) is 0 Å². The highest BCUT2D eigenvalue weighted by Crippen LogP contribution is 2.07. The van der Waals surface area contributed by atoms with Crippen LogP contribution in [0.2, 0.25) is 0 Å². The molecule has 0 spiro atoms. The molecule has 0 aliphatic carbocycles. The minimum atomic E-state index is 0.835. The Balaban J connectivity index is 2.64. The molecule has 0 saturated carbocycles. The van der Waals surface area contributed by atoms with Gasteiger partial charge >= 0.3 is 0 Å². The summed E-state index contributed by atoms with van der Waals surface area (Å²) >= 11 is 0. The van der Waals surface area contributed by atoms with Crippen molar-refractivity contribution in [2.24, 2.45) is 0 Å². The highest BCUT2D eigenvalue weighted by molar-refractivity contribution is 5.20. The molecule has 1 aromatic heterocycles. The van der Waals surface area contributed by atoms with Gasteiger partial charge < -0.3 is 4.74 Å². The summed E-state index contributed by atoms with van der Waals surface area (Å²) in [6.45, 7) is 6.08. The summed E-state index contributed by atoms with van der Waals surface area (Å²) in [6, 6.07) is 6.07. The van der Waals surface area contributed by atoms with Crippen molar-refractivity contribution in [2.75, 3.05) is 7.11 Å². The van der Waals surface area contributed by atoms with Crippen LogP contribution in [-0.2, 0) is 11.2 Å². The molecule has 1 aromatic rings. The van der Waals surface area contributed by atoms with Gasteiger partial charge in [0.2, 0.25) is 0 Å². The lowest BCUT2D eigenvalue weighted by atomic mass is 10.2. The summed E-state index contributed by atoms with van der Waals surface area (Å²) in [5.41, 5.74) is 3.32. The first-order valence-electron chi connectivity index (χ1n) is 5.44. The normalized spacial score (nSPS) is 10.5. The van der Waals surface area contributed by atoms with Crippen molar-refractivity contribution in [3.63, 3.8) is 0 Å². The largest absolute Gasteiger partial charge is 0.497 e. The molecule has 1 heterocycles. The maximum atomic E-state index is 5.25. The van der Waals surface area contributed by atoms with Gasteiger partial charge in [0.25, 0.3) is 0 Å². The number of nitrogens with zero attached hydrogens (tertiary/aromatic N) is 1. The van der Waals surface area contributed by atoms with Crippen molar-refractivity contribution < 1.29 is 4.74 Å². The zero-order chi connectivity index (χ0) is 12.0. The molecule has 86 valence electrons. The molecule has 0 aliphatic heterocycles. The minimum Gasteiger partial charge on any atom is -0.497 e. The average Bonchev–Trinajstić information content (AvgIpc) is 2.24. The molecule has 0 atom stereocenters. The number of methoxy groups -OCH3 is 1. The third-order valence-corrected chi connectivity index (χ3v) is 2.25. The molecule has 0 fully saturated rings. The molecule has 0 saturated heterocycles. The maximum absolute atomic E-state index is 5.25. The minimum absolute atomic E-state index is 0.835. The van der Waals surface area contributed by atoms with Crippen molar-refractivity contribution in [2.45, 2.75) is 27.2 Å². The molecule has 0 radical (unpaired) electrons. The van der Waals surface area contributed by atoms with Gasteiger partial charge in [-0.3, -0.25) is 4.98 Å².